The molecule has 2 spiro atoms. The summed E-state index contributed by atoms with van der Waals surface area (Å²) in [7, 11) is 0. The lowest BCUT2D eigenvalue weighted by molar-refractivity contribution is -0.928. The van der Waals surface area contributed by atoms with Gasteiger partial charge < -0.3 is 18.4 Å². The zero-order valence-corrected chi connectivity index (χ0v) is 30.3. The molecule has 0 radical (unpaired) electrons. The Hall–Kier alpha value is -1.30. The number of esters is 2. The van der Waals surface area contributed by atoms with Crippen LogP contribution in [-0.4, -0.2) is 98.1 Å². The molecule has 0 atom stereocenters. The predicted molar refractivity (Wildman–Crippen MR) is 177 cm³/mol. The lowest BCUT2D eigenvalue weighted by atomic mass is 9.84. The van der Waals surface area contributed by atoms with E-state index in [0.717, 1.165) is 99.8 Å². The highest BCUT2D eigenvalue weighted by molar-refractivity contribution is 5.73. The number of rotatable bonds is 20. The van der Waals surface area contributed by atoms with E-state index in [-0.39, 0.29) is 23.8 Å². The molecule has 0 N–H and O–H groups in total. The van der Waals surface area contributed by atoms with Crippen molar-refractivity contribution < 1.29 is 47.6 Å². The van der Waals surface area contributed by atoms with Crippen LogP contribution in [0.1, 0.15) is 131 Å². The van der Waals surface area contributed by atoms with Crippen molar-refractivity contribution in [3.05, 3.63) is 0 Å². The van der Waals surface area contributed by atoms with Gasteiger partial charge in [0.05, 0.1) is 51.1 Å². The fraction of sp³-hybridized carbons (Fsp3) is 0.944. The number of ether oxygens (including phenoxy) is 2. The normalized spacial score (nSPS) is 27.2. The van der Waals surface area contributed by atoms with Gasteiger partial charge in [-0.05, 0) is 64.2 Å². The van der Waals surface area contributed by atoms with E-state index in [1.54, 1.807) is 0 Å². The minimum absolute atomic E-state index is 0.123. The van der Waals surface area contributed by atoms with Crippen molar-refractivity contribution in [3.63, 3.8) is 0 Å². The van der Waals surface area contributed by atoms with Gasteiger partial charge in [0.2, 0.25) is 11.6 Å². The molecular formula is C36H68N2O8+2. The van der Waals surface area contributed by atoms with Crippen molar-refractivity contribution in [2.24, 2.45) is 11.8 Å². The minimum Gasteiger partial charge on any atom is -0.459 e. The first-order chi connectivity index (χ1) is 22.2. The van der Waals surface area contributed by atoms with Crippen molar-refractivity contribution in [2.45, 2.75) is 143 Å². The zero-order valence-electron chi connectivity index (χ0n) is 30.3. The molecule has 1 heterocycles. The maximum Gasteiger partial charge on any atom is 0.309 e. The monoisotopic (exact) mass is 656 g/mol. The summed E-state index contributed by atoms with van der Waals surface area (Å²) in [6, 6.07) is 0. The molecule has 3 rings (SSSR count). The molecule has 2 saturated carbocycles. The fourth-order valence-electron chi connectivity index (χ4n) is 8.35. The number of hydrogen-bond acceptors (Lipinski definition) is 8. The summed E-state index contributed by atoms with van der Waals surface area (Å²) >= 11 is 0. The zero-order chi connectivity index (χ0) is 33.5. The van der Waals surface area contributed by atoms with Crippen LogP contribution in [0.15, 0.2) is 0 Å². The number of nitrogens with zero attached hydrogens (tertiary/aromatic N) is 2. The summed E-state index contributed by atoms with van der Waals surface area (Å²) in [5.74, 6) is -2.60. The second-order valence-electron chi connectivity index (χ2n) is 14.5. The summed E-state index contributed by atoms with van der Waals surface area (Å²) in [6.07, 6.45) is 11.2. The molecule has 0 aromatic rings. The molecule has 1 aliphatic heterocycles. The van der Waals surface area contributed by atoms with Crippen LogP contribution in [0, 0.1) is 11.8 Å². The van der Waals surface area contributed by atoms with Crippen molar-refractivity contribution in [2.75, 3.05) is 65.6 Å². The van der Waals surface area contributed by atoms with Gasteiger partial charge in [0.15, 0.2) is 0 Å². The summed E-state index contributed by atoms with van der Waals surface area (Å²) < 4.78 is 13.7. The molecule has 0 aromatic heterocycles. The Morgan fingerprint density at radius 3 is 1.00 bits per heavy atom. The Labute approximate surface area is 279 Å². The standard InChI is InChI=1S/C36H68N2O8/c1-7-21-37(22-8-2,23-9-3)27-29-41-33(39)31-13-17-35(18-14-31)43-45-36(46-44-35)19-15-32(16-20-36)34(40)42-30-28-38(24-10-4,25-11-5)26-12-6/h31-32H,7-30H2,1-6H3/q+2. The topological polar surface area (TPSA) is 89.5 Å². The Bertz CT molecular complexity index is 780. The van der Waals surface area contributed by atoms with E-state index in [1.807, 2.05) is 0 Å². The molecule has 0 unspecified atom stereocenters. The number of carbonyl (C=O) groups is 2. The summed E-state index contributed by atoms with van der Waals surface area (Å²) in [6.45, 7) is 22.8. The van der Waals surface area contributed by atoms with Gasteiger partial charge in [-0.25, -0.2) is 0 Å². The van der Waals surface area contributed by atoms with E-state index >= 15 is 0 Å². The SMILES string of the molecule is CCC[N+](CCC)(CCC)CCOC(=O)C1CCC2(CC1)OOC1(CCC(C(=O)OCC[N+](CCC)(CCC)CCC)CC1)OO2. The molecule has 2 aliphatic carbocycles. The third-order valence-electron chi connectivity index (χ3n) is 10.7. The molecule has 0 bridgehead atoms. The molecule has 10 nitrogen and oxygen atoms in total. The van der Waals surface area contributed by atoms with Crippen molar-refractivity contribution in [1.29, 1.82) is 0 Å². The fourth-order valence-corrected chi connectivity index (χ4v) is 8.35. The van der Waals surface area contributed by atoms with Gasteiger partial charge in [0.25, 0.3) is 0 Å². The highest BCUT2D eigenvalue weighted by Crippen LogP contribution is 2.46. The number of hydrogen-bond donors (Lipinski definition) is 0. The molecule has 268 valence electrons. The average Bonchev–Trinajstić information content (AvgIpc) is 3.04. The summed E-state index contributed by atoms with van der Waals surface area (Å²) in [5, 5.41) is 0. The van der Waals surface area contributed by atoms with Crippen LogP contribution >= 0.6 is 0 Å². The van der Waals surface area contributed by atoms with Crippen LogP contribution in [0.3, 0.4) is 0 Å². The van der Waals surface area contributed by atoms with Gasteiger partial charge >= 0.3 is 11.9 Å². The van der Waals surface area contributed by atoms with Gasteiger partial charge in [-0.1, -0.05) is 41.5 Å². The van der Waals surface area contributed by atoms with Crippen molar-refractivity contribution >= 4 is 11.9 Å². The molecule has 0 amide bonds. The maximum atomic E-state index is 12.9. The minimum atomic E-state index is -1.01. The first-order valence-electron chi connectivity index (χ1n) is 18.9. The van der Waals surface area contributed by atoms with Crippen LogP contribution < -0.4 is 0 Å². The second kappa shape index (κ2) is 19.0. The van der Waals surface area contributed by atoms with Crippen LogP contribution in [0.2, 0.25) is 0 Å². The van der Waals surface area contributed by atoms with E-state index in [9.17, 15) is 9.59 Å². The third-order valence-corrected chi connectivity index (χ3v) is 10.7. The molecule has 1 saturated heterocycles. The average molecular weight is 657 g/mol. The van der Waals surface area contributed by atoms with Crippen LogP contribution in [0.4, 0.5) is 0 Å². The van der Waals surface area contributed by atoms with Gasteiger partial charge in [0, 0.05) is 25.7 Å². The van der Waals surface area contributed by atoms with Crippen LogP contribution in [0.25, 0.3) is 0 Å². The third kappa shape index (κ3) is 10.9. The summed E-state index contributed by atoms with van der Waals surface area (Å²) in [5.41, 5.74) is 0. The smallest absolute Gasteiger partial charge is 0.309 e. The van der Waals surface area contributed by atoms with Gasteiger partial charge in [0.1, 0.15) is 26.3 Å². The van der Waals surface area contributed by atoms with Gasteiger partial charge in [-0.3, -0.25) is 9.59 Å². The molecule has 3 fully saturated rings. The quantitative estimate of drug-likeness (QED) is 0.0799. The Morgan fingerprint density at radius 1 is 0.500 bits per heavy atom. The first-order valence-corrected chi connectivity index (χ1v) is 18.9. The van der Waals surface area contributed by atoms with E-state index in [0.29, 0.717) is 64.6 Å². The molecule has 0 aromatic carbocycles. The molecule has 3 aliphatic rings. The Kier molecular flexibility index (Phi) is 16.2. The highest BCUT2D eigenvalue weighted by Gasteiger charge is 2.53. The maximum absolute atomic E-state index is 12.9. The van der Waals surface area contributed by atoms with Gasteiger partial charge in [-0.2, -0.15) is 19.6 Å². The second-order valence-corrected chi connectivity index (χ2v) is 14.5. The molecule has 46 heavy (non-hydrogen) atoms. The van der Waals surface area contributed by atoms with Gasteiger partial charge in [-0.15, -0.1) is 0 Å². The lowest BCUT2D eigenvalue weighted by Gasteiger charge is -2.47. The van der Waals surface area contributed by atoms with Crippen LogP contribution in [0.5, 0.6) is 0 Å². The molecular weight excluding hydrogens is 588 g/mol. The predicted octanol–water partition coefficient (Wildman–Crippen LogP) is 6.85. The molecule has 10 heteroatoms. The van der Waals surface area contributed by atoms with Crippen LogP contribution in [-0.2, 0) is 38.6 Å². The lowest BCUT2D eigenvalue weighted by Crippen LogP contribution is -2.54. The van der Waals surface area contributed by atoms with Crippen molar-refractivity contribution in [3.8, 4) is 0 Å². The number of carbonyl (C=O) groups excluding carboxylic acids is 2. The van der Waals surface area contributed by atoms with E-state index in [1.165, 1.54) is 0 Å². The number of quaternary nitrogens is 2. The van der Waals surface area contributed by atoms with E-state index in [2.05, 4.69) is 41.5 Å². The highest BCUT2D eigenvalue weighted by atomic mass is 17.4. The first kappa shape index (κ1) is 39.1. The van der Waals surface area contributed by atoms with E-state index < -0.39 is 11.6 Å². The van der Waals surface area contributed by atoms with Crippen molar-refractivity contribution in [1.82, 2.24) is 0 Å². The Balaban J connectivity index is 1.38. The Morgan fingerprint density at radius 2 is 0.761 bits per heavy atom. The van der Waals surface area contributed by atoms with E-state index in [4.69, 9.17) is 29.0 Å². The largest absolute Gasteiger partial charge is 0.459 e. The summed E-state index contributed by atoms with van der Waals surface area (Å²) in [4.78, 5) is 49.4.